The Kier molecular flexibility index (Phi) is 6.27. The molecule has 1 aromatic carbocycles. The Hall–Kier alpha value is -2.32. The summed E-state index contributed by atoms with van der Waals surface area (Å²) in [5, 5.41) is 11.7. The van der Waals surface area contributed by atoms with E-state index in [1.54, 1.807) is 13.2 Å². The molecule has 0 aliphatic heterocycles. The van der Waals surface area contributed by atoms with Crippen molar-refractivity contribution in [2.24, 2.45) is 0 Å². The highest BCUT2D eigenvalue weighted by atomic mass is 16.5. The molecule has 0 spiro atoms. The first-order chi connectivity index (χ1) is 9.58. The Morgan fingerprint density at radius 2 is 2.05 bits per heavy atom. The van der Waals surface area contributed by atoms with Gasteiger partial charge in [0.25, 0.3) is 5.91 Å². The summed E-state index contributed by atoms with van der Waals surface area (Å²) >= 11 is 0. The lowest BCUT2D eigenvalue weighted by Crippen LogP contribution is -2.27. The fraction of sp³-hybridized carbons (Fsp3) is 0.333. The maximum absolute atomic E-state index is 11.8. The quantitative estimate of drug-likeness (QED) is 0.483. The zero-order chi connectivity index (χ0) is 15.0. The van der Waals surface area contributed by atoms with Crippen molar-refractivity contribution in [1.82, 2.24) is 5.32 Å². The molecule has 0 aromatic heterocycles. The van der Waals surface area contributed by atoms with Gasteiger partial charge in [0.1, 0.15) is 11.6 Å². The number of anilines is 1. The third kappa shape index (κ3) is 4.75. The van der Waals surface area contributed by atoms with E-state index < -0.39 is 0 Å². The predicted octanol–water partition coefficient (Wildman–Crippen LogP) is 1.42. The Morgan fingerprint density at radius 1 is 1.40 bits per heavy atom. The van der Waals surface area contributed by atoms with Gasteiger partial charge in [-0.25, -0.2) is 0 Å². The normalized spacial score (nSPS) is 10.8. The molecular weight excluding hydrogens is 254 g/mol. The van der Waals surface area contributed by atoms with Crippen molar-refractivity contribution < 1.29 is 9.53 Å². The van der Waals surface area contributed by atoms with Crippen LogP contribution in [-0.2, 0) is 9.53 Å². The highest BCUT2D eigenvalue weighted by Crippen LogP contribution is 2.14. The molecule has 0 saturated carbocycles. The Labute approximate surface area is 119 Å². The van der Waals surface area contributed by atoms with Crippen molar-refractivity contribution in [2.75, 3.05) is 39.3 Å². The number of carbonyl (C=O) groups excluding carboxylic acids is 1. The van der Waals surface area contributed by atoms with Gasteiger partial charge in [0.15, 0.2) is 0 Å². The van der Waals surface area contributed by atoms with Gasteiger partial charge < -0.3 is 15.0 Å². The third-order valence-corrected chi connectivity index (χ3v) is 2.68. The number of rotatable bonds is 6. The van der Waals surface area contributed by atoms with Crippen LogP contribution in [0.5, 0.6) is 0 Å². The highest BCUT2D eigenvalue weighted by Gasteiger charge is 2.08. The van der Waals surface area contributed by atoms with Crippen LogP contribution in [0.3, 0.4) is 0 Å². The second-order valence-electron chi connectivity index (χ2n) is 4.40. The molecule has 5 nitrogen and oxygen atoms in total. The molecule has 20 heavy (non-hydrogen) atoms. The molecule has 0 saturated heterocycles. The zero-order valence-corrected chi connectivity index (χ0v) is 12.0. The van der Waals surface area contributed by atoms with Crippen LogP contribution >= 0.6 is 0 Å². The first-order valence-electron chi connectivity index (χ1n) is 6.24. The van der Waals surface area contributed by atoms with Gasteiger partial charge in [-0.1, -0.05) is 12.1 Å². The summed E-state index contributed by atoms with van der Waals surface area (Å²) in [6.07, 6.45) is 1.57. The Morgan fingerprint density at radius 3 is 2.55 bits per heavy atom. The number of nitrogens with one attached hydrogen (secondary N) is 1. The molecule has 1 N–H and O–H groups in total. The van der Waals surface area contributed by atoms with Crippen LogP contribution in [0.4, 0.5) is 5.69 Å². The summed E-state index contributed by atoms with van der Waals surface area (Å²) in [6, 6.07) is 9.52. The molecule has 0 aliphatic carbocycles. The lowest BCUT2D eigenvalue weighted by atomic mass is 10.1. The summed E-state index contributed by atoms with van der Waals surface area (Å²) in [5.74, 6) is -0.388. The fourth-order valence-electron chi connectivity index (χ4n) is 1.55. The minimum Gasteiger partial charge on any atom is -0.383 e. The van der Waals surface area contributed by atoms with Crippen LogP contribution in [0.15, 0.2) is 29.8 Å². The number of carbonyl (C=O) groups is 1. The first-order valence-corrected chi connectivity index (χ1v) is 6.24. The Balaban J connectivity index is 2.78. The molecule has 1 rings (SSSR count). The lowest BCUT2D eigenvalue weighted by molar-refractivity contribution is -0.117. The number of hydrogen-bond donors (Lipinski definition) is 1. The van der Waals surface area contributed by atoms with E-state index in [1.165, 1.54) is 0 Å². The lowest BCUT2D eigenvalue weighted by Gasteiger charge is -2.11. The van der Waals surface area contributed by atoms with Gasteiger partial charge in [-0.2, -0.15) is 5.26 Å². The van der Waals surface area contributed by atoms with E-state index >= 15 is 0 Å². The van der Waals surface area contributed by atoms with E-state index in [0.717, 1.165) is 11.3 Å². The molecule has 0 unspecified atom stereocenters. The van der Waals surface area contributed by atoms with Crippen molar-refractivity contribution in [3.8, 4) is 6.07 Å². The molecule has 5 heteroatoms. The van der Waals surface area contributed by atoms with E-state index in [2.05, 4.69) is 5.32 Å². The van der Waals surface area contributed by atoms with Crippen LogP contribution < -0.4 is 10.2 Å². The standard InChI is InChI=1S/C15H19N3O2/c1-18(2)14-6-4-12(5-7-14)10-13(11-16)15(19)17-8-9-20-3/h4-7,10H,8-9H2,1-3H3,(H,17,19). The zero-order valence-electron chi connectivity index (χ0n) is 12.0. The number of nitrogens with zero attached hydrogens (tertiary/aromatic N) is 2. The summed E-state index contributed by atoms with van der Waals surface area (Å²) in [5.41, 5.74) is 1.96. The number of nitriles is 1. The Bertz CT molecular complexity index is 513. The van der Waals surface area contributed by atoms with Gasteiger partial charge in [-0.3, -0.25) is 4.79 Å². The molecule has 0 fully saturated rings. The predicted molar refractivity (Wildman–Crippen MR) is 79.2 cm³/mol. The van der Waals surface area contributed by atoms with Gasteiger partial charge in [0, 0.05) is 33.4 Å². The SMILES string of the molecule is COCCNC(=O)C(C#N)=Cc1ccc(N(C)C)cc1. The second-order valence-corrected chi connectivity index (χ2v) is 4.40. The molecule has 0 bridgehead atoms. The van der Waals surface area contributed by atoms with Crippen molar-refractivity contribution >= 4 is 17.7 Å². The largest absolute Gasteiger partial charge is 0.383 e. The van der Waals surface area contributed by atoms with Crippen LogP contribution in [-0.4, -0.2) is 40.3 Å². The van der Waals surface area contributed by atoms with Crippen LogP contribution in [0, 0.1) is 11.3 Å². The fourth-order valence-corrected chi connectivity index (χ4v) is 1.55. The maximum atomic E-state index is 11.8. The minimum absolute atomic E-state index is 0.0821. The van der Waals surface area contributed by atoms with Crippen molar-refractivity contribution in [1.29, 1.82) is 5.26 Å². The number of amides is 1. The molecular formula is C15H19N3O2. The molecule has 0 heterocycles. The van der Waals surface area contributed by atoms with Gasteiger partial charge in [0.2, 0.25) is 0 Å². The van der Waals surface area contributed by atoms with Crippen LogP contribution in [0.1, 0.15) is 5.56 Å². The summed E-state index contributed by atoms with van der Waals surface area (Å²) in [7, 11) is 5.46. The average molecular weight is 273 g/mol. The van der Waals surface area contributed by atoms with Crippen LogP contribution in [0.25, 0.3) is 6.08 Å². The van der Waals surface area contributed by atoms with Gasteiger partial charge in [-0.15, -0.1) is 0 Å². The van der Waals surface area contributed by atoms with Gasteiger partial charge in [-0.05, 0) is 23.8 Å². The van der Waals surface area contributed by atoms with E-state index in [1.807, 2.05) is 49.3 Å². The average Bonchev–Trinajstić information content (AvgIpc) is 2.45. The summed E-state index contributed by atoms with van der Waals surface area (Å²) in [4.78, 5) is 13.7. The van der Waals surface area contributed by atoms with Crippen molar-refractivity contribution in [3.63, 3.8) is 0 Å². The molecule has 0 radical (unpaired) electrons. The number of methoxy groups -OCH3 is 1. The first kappa shape index (κ1) is 15.7. The van der Waals surface area contributed by atoms with Gasteiger partial charge >= 0.3 is 0 Å². The summed E-state index contributed by atoms with van der Waals surface area (Å²) in [6.45, 7) is 0.801. The maximum Gasteiger partial charge on any atom is 0.262 e. The monoisotopic (exact) mass is 273 g/mol. The minimum atomic E-state index is -0.388. The number of benzene rings is 1. The molecule has 0 atom stereocenters. The van der Waals surface area contributed by atoms with E-state index in [9.17, 15) is 4.79 Å². The summed E-state index contributed by atoms with van der Waals surface area (Å²) < 4.78 is 4.84. The molecule has 1 amide bonds. The van der Waals surface area contributed by atoms with E-state index in [4.69, 9.17) is 10.00 Å². The van der Waals surface area contributed by atoms with E-state index in [-0.39, 0.29) is 11.5 Å². The topological polar surface area (TPSA) is 65.4 Å². The number of hydrogen-bond acceptors (Lipinski definition) is 4. The molecule has 0 aliphatic rings. The molecule has 106 valence electrons. The second kappa shape index (κ2) is 7.97. The van der Waals surface area contributed by atoms with Gasteiger partial charge in [0.05, 0.1) is 6.61 Å². The van der Waals surface area contributed by atoms with Crippen molar-refractivity contribution in [3.05, 3.63) is 35.4 Å². The van der Waals surface area contributed by atoms with Crippen LogP contribution in [0.2, 0.25) is 0 Å². The molecule has 1 aromatic rings. The number of ether oxygens (including phenoxy) is 1. The van der Waals surface area contributed by atoms with Crippen molar-refractivity contribution in [2.45, 2.75) is 0 Å². The highest BCUT2D eigenvalue weighted by molar-refractivity contribution is 6.01. The third-order valence-electron chi connectivity index (χ3n) is 2.68. The van der Waals surface area contributed by atoms with E-state index in [0.29, 0.717) is 13.2 Å². The smallest absolute Gasteiger partial charge is 0.262 e.